The Labute approximate surface area is 181 Å². The van der Waals surface area contributed by atoms with Crippen molar-refractivity contribution in [3.8, 4) is 5.88 Å². The zero-order valence-electron chi connectivity index (χ0n) is 16.8. The molecule has 0 radical (unpaired) electrons. The van der Waals surface area contributed by atoms with E-state index in [0.29, 0.717) is 11.5 Å². The Balaban J connectivity index is 1.58. The molecule has 3 heterocycles. The molecule has 6 nitrogen and oxygen atoms in total. The number of hydrogen-bond donors (Lipinski definition) is 1. The number of aromatic nitrogens is 4. The molecule has 0 bridgehead atoms. The topological polar surface area (TPSA) is 75.7 Å². The third-order valence-electron chi connectivity index (χ3n) is 5.99. The molecule has 0 saturated carbocycles. The van der Waals surface area contributed by atoms with E-state index in [9.17, 15) is 5.11 Å². The van der Waals surface area contributed by atoms with Gasteiger partial charge >= 0.3 is 0 Å². The summed E-state index contributed by atoms with van der Waals surface area (Å²) in [6.45, 7) is 0. The first-order valence-electron chi connectivity index (χ1n) is 10.3. The van der Waals surface area contributed by atoms with Crippen LogP contribution in [0.1, 0.15) is 11.3 Å². The third-order valence-corrected chi connectivity index (χ3v) is 5.99. The molecule has 1 aliphatic rings. The van der Waals surface area contributed by atoms with Crippen LogP contribution in [0.2, 0.25) is 0 Å². The van der Waals surface area contributed by atoms with Gasteiger partial charge in [0, 0.05) is 28.1 Å². The summed E-state index contributed by atoms with van der Waals surface area (Å²) in [4.78, 5) is 13.6. The number of rotatable bonds is 1. The lowest BCUT2D eigenvalue weighted by Crippen LogP contribution is -2.00. The predicted molar refractivity (Wildman–Crippen MR) is 127 cm³/mol. The molecule has 0 spiro atoms. The van der Waals surface area contributed by atoms with Crippen molar-refractivity contribution in [2.45, 2.75) is 0 Å². The lowest BCUT2D eigenvalue weighted by molar-refractivity contribution is 0.455. The Morgan fingerprint density at radius 2 is 1.38 bits per heavy atom. The molecular formula is C26H15N5O. The molecule has 6 aromatic rings. The first-order valence-corrected chi connectivity index (χ1v) is 10.3. The molecule has 0 fully saturated rings. The fourth-order valence-corrected chi connectivity index (χ4v) is 4.52. The number of fused-ring (bicyclic) bond motifs is 8. The van der Waals surface area contributed by atoms with Crippen molar-refractivity contribution < 1.29 is 5.11 Å². The number of hydrogen-bond acceptors (Lipinski definition) is 5. The summed E-state index contributed by atoms with van der Waals surface area (Å²) in [5, 5.41) is 19.8. The minimum Gasteiger partial charge on any atom is -0.492 e. The maximum absolute atomic E-state index is 10.7. The minimum absolute atomic E-state index is 0.112. The monoisotopic (exact) mass is 413 g/mol. The van der Waals surface area contributed by atoms with Gasteiger partial charge in [-0.1, -0.05) is 66.7 Å². The summed E-state index contributed by atoms with van der Waals surface area (Å²) in [7, 11) is 0. The van der Waals surface area contributed by atoms with Gasteiger partial charge in [-0.2, -0.15) is 14.6 Å². The molecule has 1 aliphatic heterocycles. The molecule has 4 aromatic carbocycles. The second-order valence-corrected chi connectivity index (χ2v) is 7.81. The summed E-state index contributed by atoms with van der Waals surface area (Å²) >= 11 is 0. The van der Waals surface area contributed by atoms with E-state index in [4.69, 9.17) is 10.1 Å². The number of imidazole rings is 1. The van der Waals surface area contributed by atoms with Crippen LogP contribution >= 0.6 is 0 Å². The second-order valence-electron chi connectivity index (χ2n) is 7.81. The summed E-state index contributed by atoms with van der Waals surface area (Å²) in [6, 6.07) is 24.3. The molecule has 150 valence electrons. The van der Waals surface area contributed by atoms with Crippen LogP contribution < -0.4 is 0 Å². The van der Waals surface area contributed by atoms with E-state index >= 15 is 0 Å². The van der Waals surface area contributed by atoms with Crippen molar-refractivity contribution in [1.29, 1.82) is 0 Å². The van der Waals surface area contributed by atoms with Gasteiger partial charge in [-0.3, -0.25) is 4.99 Å². The van der Waals surface area contributed by atoms with Crippen molar-refractivity contribution >= 4 is 61.9 Å². The van der Waals surface area contributed by atoms with Gasteiger partial charge in [-0.15, -0.1) is 0 Å². The van der Waals surface area contributed by atoms with Gasteiger partial charge in [0.25, 0.3) is 5.78 Å². The second kappa shape index (κ2) is 6.21. The molecule has 32 heavy (non-hydrogen) atoms. The molecule has 0 aliphatic carbocycles. The lowest BCUT2D eigenvalue weighted by Gasteiger charge is -2.09. The summed E-state index contributed by atoms with van der Waals surface area (Å²) in [5.41, 5.74) is 4.81. The summed E-state index contributed by atoms with van der Waals surface area (Å²) in [5.74, 6) is 0.240. The van der Waals surface area contributed by atoms with Gasteiger partial charge in [0.05, 0.1) is 5.69 Å². The predicted octanol–water partition coefficient (Wildman–Crippen LogP) is 5.55. The Bertz CT molecular complexity index is 1800. The minimum atomic E-state index is -0.112. The van der Waals surface area contributed by atoms with Crippen molar-refractivity contribution in [1.82, 2.24) is 19.6 Å². The highest BCUT2D eigenvalue weighted by atomic mass is 16.3. The van der Waals surface area contributed by atoms with Crippen LogP contribution in [0.15, 0.2) is 77.8 Å². The van der Waals surface area contributed by atoms with Crippen molar-refractivity contribution in [3.05, 3.63) is 84.1 Å². The number of aromatic hydroxyl groups is 1. The molecule has 1 N–H and O–H groups in total. The Morgan fingerprint density at radius 1 is 0.719 bits per heavy atom. The zero-order valence-corrected chi connectivity index (χ0v) is 16.8. The van der Waals surface area contributed by atoms with Gasteiger partial charge in [0.1, 0.15) is 16.7 Å². The fourth-order valence-electron chi connectivity index (χ4n) is 4.52. The van der Waals surface area contributed by atoms with Crippen molar-refractivity contribution in [2.75, 3.05) is 0 Å². The first-order chi connectivity index (χ1) is 15.8. The fraction of sp³-hybridized carbons (Fsp3) is 0. The van der Waals surface area contributed by atoms with E-state index in [1.807, 2.05) is 60.7 Å². The van der Waals surface area contributed by atoms with Crippen LogP contribution in [-0.2, 0) is 0 Å². The molecule has 0 unspecified atom stereocenters. The van der Waals surface area contributed by atoms with E-state index < -0.39 is 0 Å². The van der Waals surface area contributed by atoms with Crippen LogP contribution in [0.5, 0.6) is 5.88 Å². The molecular weight excluding hydrogens is 398 g/mol. The van der Waals surface area contributed by atoms with Gasteiger partial charge in [-0.05, 0) is 22.9 Å². The maximum atomic E-state index is 10.7. The number of aliphatic imine (C=N–C) groups is 1. The molecule has 0 amide bonds. The van der Waals surface area contributed by atoms with Crippen LogP contribution in [0.3, 0.4) is 0 Å². The highest BCUT2D eigenvalue weighted by Gasteiger charge is 2.19. The third kappa shape index (κ3) is 2.29. The molecule has 2 aromatic heterocycles. The first kappa shape index (κ1) is 17.1. The van der Waals surface area contributed by atoms with Gasteiger partial charge < -0.3 is 5.11 Å². The molecule has 0 saturated heterocycles. The molecule has 0 atom stereocenters. The van der Waals surface area contributed by atoms with Crippen LogP contribution in [-0.4, -0.2) is 30.9 Å². The number of allylic oxidation sites excluding steroid dienone is 1. The number of nitrogens with zero attached hydrogens (tertiary/aromatic N) is 5. The van der Waals surface area contributed by atoms with E-state index in [-0.39, 0.29) is 5.88 Å². The normalized spacial score (nSPS) is 14.3. The van der Waals surface area contributed by atoms with Crippen LogP contribution in [0, 0.1) is 0 Å². The van der Waals surface area contributed by atoms with Gasteiger partial charge in [0.15, 0.2) is 0 Å². The average molecular weight is 413 g/mol. The zero-order chi connectivity index (χ0) is 21.2. The molecule has 6 heteroatoms. The SMILES string of the molecule is Oc1nc2nc3c4ccccc4c4ccccc4c3nn2c1C=C1C=Nc2ccccc21. The van der Waals surface area contributed by atoms with Gasteiger partial charge in [0.2, 0.25) is 5.88 Å². The van der Waals surface area contributed by atoms with Crippen molar-refractivity contribution in [3.63, 3.8) is 0 Å². The van der Waals surface area contributed by atoms with Crippen molar-refractivity contribution in [2.24, 2.45) is 4.99 Å². The highest BCUT2D eigenvalue weighted by molar-refractivity contribution is 6.23. The Morgan fingerprint density at radius 3 is 2.16 bits per heavy atom. The van der Waals surface area contributed by atoms with Gasteiger partial charge in [-0.25, -0.2) is 4.98 Å². The maximum Gasteiger partial charge on any atom is 0.255 e. The largest absolute Gasteiger partial charge is 0.492 e. The Kier molecular flexibility index (Phi) is 3.33. The summed E-state index contributed by atoms with van der Waals surface area (Å²) in [6.07, 6.45) is 3.65. The smallest absolute Gasteiger partial charge is 0.255 e. The standard InChI is InChI=1S/C26H15N5O/c32-25-22(13-15-14-27-21-12-6-5-7-16(15)21)31-26(29-25)28-23-19-10-3-1-8-17(19)18-9-2-4-11-20(18)24(23)30-31/h1-14,32H. The lowest BCUT2D eigenvalue weighted by atomic mass is 10.00. The quantitative estimate of drug-likeness (QED) is 0.359. The number of benzene rings is 4. The number of para-hydroxylation sites is 1. The van der Waals surface area contributed by atoms with Crippen LogP contribution in [0.25, 0.3) is 50.0 Å². The van der Waals surface area contributed by atoms with E-state index in [1.54, 1.807) is 10.7 Å². The Hall–Kier alpha value is -4.58. The van der Waals surface area contributed by atoms with E-state index in [2.05, 4.69) is 28.2 Å². The van der Waals surface area contributed by atoms with E-state index in [0.717, 1.165) is 49.4 Å². The van der Waals surface area contributed by atoms with Crippen LogP contribution in [0.4, 0.5) is 5.69 Å². The average Bonchev–Trinajstić information content (AvgIpc) is 3.39. The van der Waals surface area contributed by atoms with E-state index in [1.165, 1.54) is 0 Å². The molecule has 7 rings (SSSR count). The summed E-state index contributed by atoms with van der Waals surface area (Å²) < 4.78 is 1.61. The highest BCUT2D eigenvalue weighted by Crippen LogP contribution is 2.35.